The first-order chi connectivity index (χ1) is 12.0. The van der Waals surface area contributed by atoms with Gasteiger partial charge in [-0.3, -0.25) is 9.59 Å². The van der Waals surface area contributed by atoms with Gasteiger partial charge >= 0.3 is 11.8 Å². The normalized spacial score (nSPS) is 17.1. The summed E-state index contributed by atoms with van der Waals surface area (Å²) in [5.41, 5.74) is 1.84. The predicted octanol–water partition coefficient (Wildman–Crippen LogP) is 1.19. The van der Waals surface area contributed by atoms with Crippen molar-refractivity contribution in [1.29, 1.82) is 0 Å². The number of hydrogen-bond acceptors (Lipinski definition) is 4. The van der Waals surface area contributed by atoms with Crippen LogP contribution in [0.25, 0.3) is 0 Å². The molecular formula is C19H30N4O2. The van der Waals surface area contributed by atoms with Crippen molar-refractivity contribution in [2.75, 3.05) is 51.6 Å². The molecule has 2 amide bonds. The molecule has 1 aromatic carbocycles. The van der Waals surface area contributed by atoms with Crippen molar-refractivity contribution < 1.29 is 9.59 Å². The lowest BCUT2D eigenvalue weighted by atomic mass is 10.1. The molecule has 0 bridgehead atoms. The van der Waals surface area contributed by atoms with Gasteiger partial charge < -0.3 is 20.4 Å². The van der Waals surface area contributed by atoms with Crippen LogP contribution in [-0.2, 0) is 16.0 Å². The summed E-state index contributed by atoms with van der Waals surface area (Å²) in [6.07, 6.45) is 0.944. The summed E-state index contributed by atoms with van der Waals surface area (Å²) < 4.78 is 0. The van der Waals surface area contributed by atoms with Crippen molar-refractivity contribution in [3.8, 4) is 0 Å². The molecule has 1 heterocycles. The Kier molecular flexibility index (Phi) is 7.40. The molecule has 138 valence electrons. The molecule has 2 rings (SSSR count). The number of anilines is 1. The van der Waals surface area contributed by atoms with E-state index in [-0.39, 0.29) is 0 Å². The Morgan fingerprint density at radius 3 is 2.32 bits per heavy atom. The number of piperazine rings is 1. The summed E-state index contributed by atoms with van der Waals surface area (Å²) in [6.45, 7) is 9.90. The van der Waals surface area contributed by atoms with Crippen LogP contribution in [0.15, 0.2) is 24.3 Å². The van der Waals surface area contributed by atoms with Gasteiger partial charge in [0.2, 0.25) is 0 Å². The number of aryl methyl sites for hydroxylation is 1. The van der Waals surface area contributed by atoms with E-state index in [4.69, 9.17) is 0 Å². The van der Waals surface area contributed by atoms with Gasteiger partial charge in [0.15, 0.2) is 0 Å². The fourth-order valence-electron chi connectivity index (χ4n) is 2.89. The van der Waals surface area contributed by atoms with Crippen LogP contribution >= 0.6 is 0 Å². The minimum absolute atomic E-state index is 0.309. The molecule has 0 aliphatic carbocycles. The van der Waals surface area contributed by atoms with Gasteiger partial charge in [-0.15, -0.1) is 0 Å². The lowest BCUT2D eigenvalue weighted by Gasteiger charge is -2.33. The quantitative estimate of drug-likeness (QED) is 0.760. The van der Waals surface area contributed by atoms with Crippen LogP contribution in [0.5, 0.6) is 0 Å². The fraction of sp³-hybridized carbons (Fsp3) is 0.579. The van der Waals surface area contributed by atoms with E-state index in [1.807, 2.05) is 24.3 Å². The highest BCUT2D eigenvalue weighted by Gasteiger charge is 2.18. The van der Waals surface area contributed by atoms with Crippen LogP contribution in [0.4, 0.5) is 5.69 Å². The zero-order valence-electron chi connectivity index (χ0n) is 15.5. The Labute approximate surface area is 150 Å². The third-order valence-corrected chi connectivity index (χ3v) is 4.60. The third-order valence-electron chi connectivity index (χ3n) is 4.60. The highest BCUT2D eigenvalue weighted by Crippen LogP contribution is 2.10. The van der Waals surface area contributed by atoms with Crippen molar-refractivity contribution in [2.45, 2.75) is 20.3 Å². The van der Waals surface area contributed by atoms with Gasteiger partial charge in [-0.05, 0) is 37.1 Å². The Balaban J connectivity index is 1.70. The molecule has 2 N–H and O–H groups in total. The maximum absolute atomic E-state index is 12.0. The van der Waals surface area contributed by atoms with Gasteiger partial charge in [0.05, 0.1) is 0 Å². The first-order valence-corrected chi connectivity index (χ1v) is 9.07. The number of hydrogen-bond donors (Lipinski definition) is 2. The number of benzene rings is 1. The second kappa shape index (κ2) is 9.53. The number of likely N-dealkylation sites (N-methyl/N-ethyl adjacent to an activating group) is 1. The van der Waals surface area contributed by atoms with Gasteiger partial charge in [0.25, 0.3) is 0 Å². The molecule has 25 heavy (non-hydrogen) atoms. The Hall–Kier alpha value is -1.92. The first-order valence-electron chi connectivity index (χ1n) is 9.07. The van der Waals surface area contributed by atoms with Crippen molar-refractivity contribution in [3.05, 3.63) is 29.8 Å². The molecule has 1 saturated heterocycles. The summed E-state index contributed by atoms with van der Waals surface area (Å²) in [5.74, 6) is -0.884. The molecular weight excluding hydrogens is 316 g/mol. The smallest absolute Gasteiger partial charge is 0.313 e. The molecule has 0 spiro atoms. The van der Waals surface area contributed by atoms with E-state index in [1.165, 1.54) is 5.56 Å². The summed E-state index contributed by atoms with van der Waals surface area (Å²) >= 11 is 0. The van der Waals surface area contributed by atoms with E-state index < -0.39 is 11.8 Å². The van der Waals surface area contributed by atoms with Crippen LogP contribution in [-0.4, -0.2) is 67.9 Å². The summed E-state index contributed by atoms with van der Waals surface area (Å²) in [7, 11) is 2.13. The molecule has 1 aliphatic rings. The monoisotopic (exact) mass is 346 g/mol. The molecule has 1 aromatic rings. The lowest BCUT2D eigenvalue weighted by molar-refractivity contribution is -0.136. The number of amides is 2. The lowest BCUT2D eigenvalue weighted by Crippen LogP contribution is -2.47. The Morgan fingerprint density at radius 1 is 1.08 bits per heavy atom. The molecule has 1 unspecified atom stereocenters. The predicted molar refractivity (Wildman–Crippen MR) is 101 cm³/mol. The number of nitrogens with zero attached hydrogens (tertiary/aromatic N) is 2. The molecule has 1 aliphatic heterocycles. The van der Waals surface area contributed by atoms with Crippen molar-refractivity contribution in [1.82, 2.24) is 15.1 Å². The van der Waals surface area contributed by atoms with Gasteiger partial charge in [-0.1, -0.05) is 26.0 Å². The van der Waals surface area contributed by atoms with Crippen molar-refractivity contribution in [3.63, 3.8) is 0 Å². The molecule has 0 saturated carbocycles. The molecule has 1 fully saturated rings. The summed E-state index contributed by atoms with van der Waals surface area (Å²) in [6, 6.07) is 7.54. The fourth-order valence-corrected chi connectivity index (χ4v) is 2.89. The number of carbonyl (C=O) groups excluding carboxylic acids is 2. The standard InChI is InChI=1S/C19H30N4O2/c1-4-16-5-7-17(8-6-16)21-19(25)18(24)20-13-15(2)14-23-11-9-22(3)10-12-23/h5-8,15H,4,9-14H2,1-3H3,(H,20,24)(H,21,25). The molecule has 0 radical (unpaired) electrons. The van der Waals surface area contributed by atoms with E-state index in [0.717, 1.165) is 39.1 Å². The zero-order valence-corrected chi connectivity index (χ0v) is 15.5. The minimum Gasteiger partial charge on any atom is -0.348 e. The SMILES string of the molecule is CCc1ccc(NC(=O)C(=O)NCC(C)CN2CCN(C)CC2)cc1. The Morgan fingerprint density at radius 2 is 1.72 bits per heavy atom. The minimum atomic E-state index is -0.615. The van der Waals surface area contributed by atoms with Crippen molar-refractivity contribution in [2.24, 2.45) is 5.92 Å². The van der Waals surface area contributed by atoms with Crippen molar-refractivity contribution >= 4 is 17.5 Å². The van der Waals surface area contributed by atoms with Gasteiger partial charge in [0.1, 0.15) is 0 Å². The third kappa shape index (κ3) is 6.48. The van der Waals surface area contributed by atoms with Crippen LogP contribution < -0.4 is 10.6 Å². The summed E-state index contributed by atoms with van der Waals surface area (Å²) in [4.78, 5) is 28.7. The average molecular weight is 346 g/mol. The zero-order chi connectivity index (χ0) is 18.2. The first kappa shape index (κ1) is 19.4. The maximum Gasteiger partial charge on any atom is 0.313 e. The van der Waals surface area contributed by atoms with Gasteiger partial charge in [0, 0.05) is 45.0 Å². The Bertz CT molecular complexity index is 565. The highest BCUT2D eigenvalue weighted by atomic mass is 16.2. The number of nitrogens with one attached hydrogen (secondary N) is 2. The van der Waals surface area contributed by atoms with Crippen LogP contribution in [0, 0.1) is 5.92 Å². The highest BCUT2D eigenvalue weighted by molar-refractivity contribution is 6.39. The second-order valence-corrected chi connectivity index (χ2v) is 6.92. The largest absolute Gasteiger partial charge is 0.348 e. The average Bonchev–Trinajstić information content (AvgIpc) is 2.62. The van der Waals surface area contributed by atoms with E-state index in [2.05, 4.69) is 41.3 Å². The summed E-state index contributed by atoms with van der Waals surface area (Å²) in [5, 5.41) is 5.37. The van der Waals surface area contributed by atoms with E-state index >= 15 is 0 Å². The van der Waals surface area contributed by atoms with Crippen LogP contribution in [0.2, 0.25) is 0 Å². The van der Waals surface area contributed by atoms with Crippen LogP contribution in [0.1, 0.15) is 19.4 Å². The van der Waals surface area contributed by atoms with E-state index in [9.17, 15) is 9.59 Å². The maximum atomic E-state index is 12.0. The molecule has 6 nitrogen and oxygen atoms in total. The van der Waals surface area contributed by atoms with E-state index in [1.54, 1.807) is 0 Å². The number of rotatable bonds is 6. The molecule has 6 heteroatoms. The number of carbonyl (C=O) groups is 2. The topological polar surface area (TPSA) is 64.7 Å². The molecule has 0 aromatic heterocycles. The van der Waals surface area contributed by atoms with Gasteiger partial charge in [-0.25, -0.2) is 0 Å². The van der Waals surface area contributed by atoms with E-state index in [0.29, 0.717) is 18.2 Å². The van der Waals surface area contributed by atoms with Crippen LogP contribution in [0.3, 0.4) is 0 Å². The van der Waals surface area contributed by atoms with Gasteiger partial charge in [-0.2, -0.15) is 0 Å². The molecule has 1 atom stereocenters. The second-order valence-electron chi connectivity index (χ2n) is 6.92.